The number of nitrogens with zero attached hydrogens (tertiary/aromatic N) is 3. The van der Waals surface area contributed by atoms with Gasteiger partial charge in [-0.1, -0.05) is 38.1 Å². The van der Waals surface area contributed by atoms with Crippen molar-refractivity contribution in [1.29, 1.82) is 0 Å². The maximum absolute atomic E-state index is 12.7. The van der Waals surface area contributed by atoms with Crippen LogP contribution in [0.3, 0.4) is 0 Å². The number of piperidine rings is 1. The molecule has 35 heavy (non-hydrogen) atoms. The molecule has 0 saturated carbocycles. The highest BCUT2D eigenvalue weighted by Gasteiger charge is 2.26. The number of hydrogen-bond acceptors (Lipinski definition) is 4. The fourth-order valence-corrected chi connectivity index (χ4v) is 4.65. The fraction of sp³-hybridized carbons (Fsp3) is 0.464. The Labute approximate surface area is 207 Å². The van der Waals surface area contributed by atoms with Crippen LogP contribution >= 0.6 is 0 Å². The van der Waals surface area contributed by atoms with Crippen molar-refractivity contribution in [3.8, 4) is 0 Å². The molecule has 2 amide bonds. The average molecular weight is 477 g/mol. The van der Waals surface area contributed by atoms with Crippen molar-refractivity contribution in [2.75, 3.05) is 13.1 Å². The van der Waals surface area contributed by atoms with Crippen molar-refractivity contribution < 1.29 is 14.0 Å². The second kappa shape index (κ2) is 11.9. The Morgan fingerprint density at radius 2 is 1.89 bits per heavy atom. The molecule has 4 rings (SSSR count). The van der Waals surface area contributed by atoms with Crippen LogP contribution in [0.5, 0.6) is 0 Å². The van der Waals surface area contributed by atoms with Crippen molar-refractivity contribution in [3.05, 3.63) is 77.8 Å². The molecule has 186 valence electrons. The van der Waals surface area contributed by atoms with E-state index in [1.165, 1.54) is 11.1 Å². The highest BCUT2D eigenvalue weighted by molar-refractivity contribution is 5.79. The maximum Gasteiger partial charge on any atom is 0.222 e. The van der Waals surface area contributed by atoms with E-state index in [1.54, 1.807) is 12.3 Å². The largest absolute Gasteiger partial charge is 0.467 e. The first-order valence-corrected chi connectivity index (χ1v) is 12.7. The van der Waals surface area contributed by atoms with E-state index < -0.39 is 0 Å². The SMILES string of the molecule is CC(C)c1ccc(Cn2ccnc2C2CCN(C(=O)CCCC(=O)NCc3ccco3)CC2)cc1. The Morgan fingerprint density at radius 3 is 2.57 bits per heavy atom. The van der Waals surface area contributed by atoms with Crippen LogP contribution in [0.2, 0.25) is 0 Å². The van der Waals surface area contributed by atoms with Gasteiger partial charge < -0.3 is 19.2 Å². The first-order chi connectivity index (χ1) is 17.0. The van der Waals surface area contributed by atoms with Crippen LogP contribution in [0.15, 0.2) is 59.5 Å². The predicted molar refractivity (Wildman–Crippen MR) is 135 cm³/mol. The summed E-state index contributed by atoms with van der Waals surface area (Å²) in [5.74, 6) is 2.80. The Bertz CT molecular complexity index is 1080. The van der Waals surface area contributed by atoms with Crippen molar-refractivity contribution in [2.24, 2.45) is 0 Å². The molecular weight excluding hydrogens is 440 g/mol. The lowest BCUT2D eigenvalue weighted by Crippen LogP contribution is -2.38. The van der Waals surface area contributed by atoms with Gasteiger partial charge in [0.05, 0.1) is 12.8 Å². The second-order valence-corrected chi connectivity index (χ2v) is 9.67. The molecule has 1 aromatic carbocycles. The molecule has 1 aliphatic heterocycles. The predicted octanol–water partition coefficient (Wildman–Crippen LogP) is 4.84. The molecular formula is C28H36N4O3. The number of furan rings is 1. The minimum absolute atomic E-state index is 0.0569. The molecule has 3 heterocycles. The molecule has 0 aliphatic carbocycles. The highest BCUT2D eigenvalue weighted by Crippen LogP contribution is 2.28. The van der Waals surface area contributed by atoms with E-state index >= 15 is 0 Å². The molecule has 7 heteroatoms. The van der Waals surface area contributed by atoms with Gasteiger partial charge in [-0.25, -0.2) is 4.98 Å². The molecule has 1 fully saturated rings. The Kier molecular flexibility index (Phi) is 8.40. The van der Waals surface area contributed by atoms with Gasteiger partial charge in [-0.3, -0.25) is 9.59 Å². The van der Waals surface area contributed by atoms with Gasteiger partial charge in [0.15, 0.2) is 0 Å². The summed E-state index contributed by atoms with van der Waals surface area (Å²) in [6, 6.07) is 12.5. The van der Waals surface area contributed by atoms with Crippen molar-refractivity contribution in [1.82, 2.24) is 19.8 Å². The van der Waals surface area contributed by atoms with Crippen molar-refractivity contribution in [3.63, 3.8) is 0 Å². The summed E-state index contributed by atoms with van der Waals surface area (Å²) in [4.78, 5) is 31.3. The number of carbonyl (C=O) groups excluding carboxylic acids is 2. The summed E-state index contributed by atoms with van der Waals surface area (Å²) in [7, 11) is 0. The van der Waals surface area contributed by atoms with E-state index in [4.69, 9.17) is 4.42 Å². The molecule has 3 aromatic rings. The third-order valence-electron chi connectivity index (χ3n) is 6.79. The van der Waals surface area contributed by atoms with Crippen molar-refractivity contribution in [2.45, 2.75) is 70.9 Å². The molecule has 7 nitrogen and oxygen atoms in total. The normalized spacial score (nSPS) is 14.4. The molecule has 1 aliphatic rings. The fourth-order valence-electron chi connectivity index (χ4n) is 4.65. The number of carbonyl (C=O) groups is 2. The number of likely N-dealkylation sites (tertiary alicyclic amines) is 1. The lowest BCUT2D eigenvalue weighted by atomic mass is 9.95. The first-order valence-electron chi connectivity index (χ1n) is 12.7. The van der Waals surface area contributed by atoms with E-state index in [1.807, 2.05) is 17.2 Å². The summed E-state index contributed by atoms with van der Waals surface area (Å²) in [5.41, 5.74) is 2.63. The minimum Gasteiger partial charge on any atom is -0.467 e. The monoisotopic (exact) mass is 476 g/mol. The highest BCUT2D eigenvalue weighted by atomic mass is 16.3. The lowest BCUT2D eigenvalue weighted by Gasteiger charge is -2.32. The van der Waals surface area contributed by atoms with E-state index in [9.17, 15) is 9.59 Å². The summed E-state index contributed by atoms with van der Waals surface area (Å²) in [6.45, 7) is 7.09. The zero-order valence-electron chi connectivity index (χ0n) is 20.8. The van der Waals surface area contributed by atoms with Crippen molar-refractivity contribution >= 4 is 11.8 Å². The van der Waals surface area contributed by atoms with Crippen LogP contribution < -0.4 is 5.32 Å². The molecule has 2 aromatic heterocycles. The van der Waals surface area contributed by atoms with Gasteiger partial charge >= 0.3 is 0 Å². The minimum atomic E-state index is -0.0569. The molecule has 0 radical (unpaired) electrons. The maximum atomic E-state index is 12.7. The number of hydrogen-bond donors (Lipinski definition) is 1. The van der Waals surface area contributed by atoms with Crippen LogP contribution in [0.25, 0.3) is 0 Å². The quantitative estimate of drug-likeness (QED) is 0.454. The molecule has 0 atom stereocenters. The molecule has 1 saturated heterocycles. The topological polar surface area (TPSA) is 80.4 Å². The number of benzene rings is 1. The number of amides is 2. The van der Waals surface area contributed by atoms with Gasteiger partial charge in [0.2, 0.25) is 11.8 Å². The Balaban J connectivity index is 1.20. The number of aromatic nitrogens is 2. The zero-order valence-corrected chi connectivity index (χ0v) is 20.8. The number of rotatable bonds is 10. The Morgan fingerprint density at radius 1 is 1.11 bits per heavy atom. The average Bonchev–Trinajstić information content (AvgIpc) is 3.55. The van der Waals surface area contributed by atoms with Crippen LogP contribution in [0.4, 0.5) is 0 Å². The van der Waals surface area contributed by atoms with Gasteiger partial charge in [-0.05, 0) is 48.4 Å². The third kappa shape index (κ3) is 6.84. The van der Waals surface area contributed by atoms with Gasteiger partial charge in [0.1, 0.15) is 11.6 Å². The third-order valence-corrected chi connectivity index (χ3v) is 6.79. The van der Waals surface area contributed by atoms with Gasteiger partial charge in [0.25, 0.3) is 0 Å². The van der Waals surface area contributed by atoms with Crippen LogP contribution in [-0.2, 0) is 22.7 Å². The number of imidazole rings is 1. The van der Waals surface area contributed by atoms with E-state index in [-0.39, 0.29) is 11.8 Å². The summed E-state index contributed by atoms with van der Waals surface area (Å²) in [6.07, 6.45) is 8.66. The summed E-state index contributed by atoms with van der Waals surface area (Å²) >= 11 is 0. The first kappa shape index (κ1) is 24.8. The lowest BCUT2D eigenvalue weighted by molar-refractivity contribution is -0.132. The summed E-state index contributed by atoms with van der Waals surface area (Å²) in [5, 5.41) is 2.82. The van der Waals surface area contributed by atoms with Crippen LogP contribution in [0.1, 0.15) is 80.5 Å². The zero-order chi connectivity index (χ0) is 24.6. The standard InChI is InChI=1S/C28H36N4O3/c1-21(2)23-10-8-22(9-11-23)20-32-17-14-29-28(32)24-12-15-31(16-13-24)27(34)7-3-6-26(33)30-19-25-5-4-18-35-25/h4-5,8-11,14,17-18,21,24H,3,6-7,12-13,15-16,19-20H2,1-2H3,(H,30,33). The molecule has 0 spiro atoms. The number of nitrogens with one attached hydrogen (secondary N) is 1. The van der Waals surface area contributed by atoms with Crippen LogP contribution in [-0.4, -0.2) is 39.4 Å². The van der Waals surface area contributed by atoms with Gasteiger partial charge in [-0.15, -0.1) is 0 Å². The Hall–Kier alpha value is -3.35. The molecule has 0 unspecified atom stereocenters. The van der Waals surface area contributed by atoms with E-state index in [2.05, 4.69) is 59.2 Å². The van der Waals surface area contributed by atoms with Gasteiger partial charge in [0, 0.05) is 50.8 Å². The van der Waals surface area contributed by atoms with E-state index in [0.717, 1.165) is 44.1 Å². The molecule has 1 N–H and O–H groups in total. The van der Waals surface area contributed by atoms with E-state index in [0.29, 0.717) is 37.6 Å². The summed E-state index contributed by atoms with van der Waals surface area (Å²) < 4.78 is 7.45. The molecule has 0 bridgehead atoms. The smallest absolute Gasteiger partial charge is 0.222 e. The van der Waals surface area contributed by atoms with Crippen LogP contribution in [0, 0.1) is 0 Å². The second-order valence-electron chi connectivity index (χ2n) is 9.67. The van der Waals surface area contributed by atoms with Gasteiger partial charge in [-0.2, -0.15) is 0 Å².